The lowest BCUT2D eigenvalue weighted by molar-refractivity contribution is -0.692. The van der Waals surface area contributed by atoms with Crippen LogP contribution >= 0.6 is 0 Å². The van der Waals surface area contributed by atoms with Gasteiger partial charge >= 0.3 is 0 Å². The van der Waals surface area contributed by atoms with Crippen molar-refractivity contribution in [3.05, 3.63) is 162 Å². The summed E-state index contributed by atoms with van der Waals surface area (Å²) in [6.45, 7) is 0. The zero-order valence-corrected chi connectivity index (χ0v) is 25.7. The molecule has 0 aliphatic carbocycles. The van der Waals surface area contributed by atoms with E-state index in [1.807, 2.05) is 48.5 Å². The van der Waals surface area contributed by atoms with Gasteiger partial charge in [0.05, 0.1) is 39.1 Å². The maximum Gasteiger partial charge on any atom is 0.169 e. The van der Waals surface area contributed by atoms with Crippen molar-refractivity contribution in [2.45, 2.75) is 0 Å². The van der Waals surface area contributed by atoms with Crippen molar-refractivity contribution in [1.29, 1.82) is 5.26 Å². The summed E-state index contributed by atoms with van der Waals surface area (Å²) in [7, 11) is 0. The van der Waals surface area contributed by atoms with Crippen molar-refractivity contribution in [2.75, 3.05) is 0 Å². The number of aromatic nitrogens is 2. The van der Waals surface area contributed by atoms with Crippen molar-refractivity contribution < 1.29 is 5.06 Å². The van der Waals surface area contributed by atoms with Gasteiger partial charge in [0.25, 0.3) is 0 Å². The van der Waals surface area contributed by atoms with Crippen LogP contribution in [0.5, 0.6) is 0 Å². The number of benzene rings is 7. The third kappa shape index (κ3) is 3.50. The predicted octanol–water partition coefficient (Wildman–Crippen LogP) is 9.75. The van der Waals surface area contributed by atoms with Gasteiger partial charge < -0.3 is 19.4 Å². The Kier molecular flexibility index (Phi) is 5.58. The number of hydrogen-bond donors (Lipinski definition) is 1. The molecule has 48 heavy (non-hydrogen) atoms. The van der Waals surface area contributed by atoms with Crippen LogP contribution in [0, 0.1) is 16.5 Å². The summed E-state index contributed by atoms with van der Waals surface area (Å²) < 4.78 is 4.50. The summed E-state index contributed by atoms with van der Waals surface area (Å²) in [4.78, 5) is 0. The number of para-hydroxylation sites is 6. The SMILES string of the molecule is N#Cc1cccc(-c2ccccc2-n2c3ccccc3c3ccccc32)c1-n1c2ccccc2c2ccc3c(c21)[NH+]([O-])c1ccccc1-3. The lowest BCUT2D eigenvalue weighted by Crippen LogP contribution is -2.95. The minimum atomic E-state index is 0.0110. The fourth-order valence-electron chi connectivity index (χ4n) is 7.97. The lowest BCUT2D eigenvalue weighted by Gasteiger charge is -2.22. The Morgan fingerprint density at radius 2 is 1.04 bits per heavy atom. The number of fused-ring (bicyclic) bond motifs is 10. The highest BCUT2D eigenvalue weighted by Gasteiger charge is 2.32. The van der Waals surface area contributed by atoms with E-state index in [1.165, 1.54) is 10.8 Å². The van der Waals surface area contributed by atoms with Gasteiger partial charge in [-0.15, -0.1) is 0 Å². The summed E-state index contributed by atoms with van der Waals surface area (Å²) in [5, 5.41) is 29.4. The van der Waals surface area contributed by atoms with Gasteiger partial charge in [0, 0.05) is 44.3 Å². The minimum Gasteiger partial charge on any atom is -0.623 e. The first-order valence-corrected chi connectivity index (χ1v) is 16.1. The molecule has 2 aromatic heterocycles. The van der Waals surface area contributed by atoms with Crippen LogP contribution < -0.4 is 5.06 Å². The molecule has 5 heteroatoms. The van der Waals surface area contributed by atoms with Crippen LogP contribution in [0.15, 0.2) is 152 Å². The molecule has 1 aliphatic rings. The second-order valence-corrected chi connectivity index (χ2v) is 12.3. The molecule has 0 saturated heterocycles. The first kappa shape index (κ1) is 26.7. The molecule has 7 aromatic carbocycles. The van der Waals surface area contributed by atoms with Gasteiger partial charge in [-0.05, 0) is 42.5 Å². The monoisotopic (exact) mass is 614 g/mol. The zero-order valence-electron chi connectivity index (χ0n) is 25.7. The van der Waals surface area contributed by atoms with Crippen LogP contribution in [0.2, 0.25) is 0 Å². The van der Waals surface area contributed by atoms with Gasteiger partial charge in [0.15, 0.2) is 5.69 Å². The molecule has 9 aromatic rings. The largest absolute Gasteiger partial charge is 0.623 e. The van der Waals surface area contributed by atoms with E-state index in [4.69, 9.17) is 0 Å². The van der Waals surface area contributed by atoms with E-state index in [2.05, 4.69) is 118 Å². The summed E-state index contributed by atoms with van der Waals surface area (Å²) in [6.07, 6.45) is 0. The molecule has 0 spiro atoms. The smallest absolute Gasteiger partial charge is 0.169 e. The van der Waals surface area contributed by atoms with Crippen LogP contribution in [-0.2, 0) is 0 Å². The van der Waals surface area contributed by atoms with Crippen LogP contribution in [0.25, 0.3) is 77.2 Å². The highest BCUT2D eigenvalue weighted by atomic mass is 16.5. The van der Waals surface area contributed by atoms with E-state index in [9.17, 15) is 10.5 Å². The predicted molar refractivity (Wildman–Crippen MR) is 194 cm³/mol. The molecule has 1 atom stereocenters. The fourth-order valence-corrected chi connectivity index (χ4v) is 7.97. The number of rotatable bonds is 3. The third-order valence-electron chi connectivity index (χ3n) is 9.92. The van der Waals surface area contributed by atoms with Crippen molar-refractivity contribution in [1.82, 2.24) is 9.13 Å². The Labute approximate surface area is 275 Å². The molecule has 1 unspecified atom stereocenters. The molecular weight excluding hydrogens is 589 g/mol. The lowest BCUT2D eigenvalue weighted by atomic mass is 9.97. The topological polar surface area (TPSA) is 61.1 Å². The van der Waals surface area contributed by atoms with E-state index in [1.54, 1.807) is 0 Å². The first-order valence-electron chi connectivity index (χ1n) is 16.1. The average Bonchev–Trinajstić information content (AvgIpc) is 3.77. The molecule has 0 fully saturated rings. The summed E-state index contributed by atoms with van der Waals surface area (Å²) in [6, 6.07) is 54.2. The number of hydrogen-bond acceptors (Lipinski definition) is 2. The Morgan fingerprint density at radius 1 is 0.479 bits per heavy atom. The van der Waals surface area contributed by atoms with E-state index < -0.39 is 0 Å². The molecule has 1 N–H and O–H groups in total. The van der Waals surface area contributed by atoms with E-state index >= 15 is 0 Å². The van der Waals surface area contributed by atoms with Crippen LogP contribution in [0.1, 0.15) is 5.56 Å². The summed E-state index contributed by atoms with van der Waals surface area (Å²) >= 11 is 0. The number of quaternary nitrogens is 1. The first-order chi connectivity index (χ1) is 23.7. The van der Waals surface area contributed by atoms with Crippen molar-refractivity contribution >= 4 is 55.0 Å². The van der Waals surface area contributed by atoms with Gasteiger partial charge in [-0.1, -0.05) is 103 Å². The second-order valence-electron chi connectivity index (χ2n) is 12.3. The van der Waals surface area contributed by atoms with Gasteiger partial charge in [-0.3, -0.25) is 0 Å². The summed E-state index contributed by atoms with van der Waals surface area (Å²) in [5.41, 5.74) is 11.5. The van der Waals surface area contributed by atoms with E-state index in [0.29, 0.717) is 16.9 Å². The van der Waals surface area contributed by atoms with Crippen LogP contribution in [-0.4, -0.2) is 9.13 Å². The second kappa shape index (κ2) is 10.0. The fraction of sp³-hybridized carbons (Fsp3) is 0. The molecule has 224 valence electrons. The molecule has 0 amide bonds. The highest BCUT2D eigenvalue weighted by Crippen LogP contribution is 2.47. The summed E-state index contributed by atoms with van der Waals surface area (Å²) in [5.74, 6) is 0. The average molecular weight is 615 g/mol. The molecule has 5 nitrogen and oxygen atoms in total. The van der Waals surface area contributed by atoms with Gasteiger partial charge in [-0.2, -0.15) is 5.26 Å². The minimum absolute atomic E-state index is 0.0110. The zero-order chi connectivity index (χ0) is 31.9. The Balaban J connectivity index is 1.34. The van der Waals surface area contributed by atoms with Crippen molar-refractivity contribution in [3.63, 3.8) is 0 Å². The Morgan fingerprint density at radius 3 is 1.75 bits per heavy atom. The highest BCUT2D eigenvalue weighted by molar-refractivity contribution is 6.16. The normalized spacial score (nSPS) is 13.7. The molecular formula is C43H26N4O. The molecule has 0 bridgehead atoms. The van der Waals surface area contributed by atoms with Crippen molar-refractivity contribution in [3.8, 4) is 39.7 Å². The third-order valence-corrected chi connectivity index (χ3v) is 9.92. The Bertz CT molecular complexity index is 2780. The van der Waals surface area contributed by atoms with Gasteiger partial charge in [0.1, 0.15) is 17.3 Å². The quantitative estimate of drug-likeness (QED) is 0.201. The van der Waals surface area contributed by atoms with Gasteiger partial charge in [0.2, 0.25) is 0 Å². The maximum atomic E-state index is 14.2. The van der Waals surface area contributed by atoms with Crippen molar-refractivity contribution in [2.24, 2.45) is 0 Å². The molecule has 10 rings (SSSR count). The van der Waals surface area contributed by atoms with Crippen LogP contribution in [0.3, 0.4) is 0 Å². The molecule has 0 radical (unpaired) electrons. The van der Waals surface area contributed by atoms with E-state index in [-0.39, 0.29) is 5.06 Å². The number of nitrogens with one attached hydrogen (secondary N) is 1. The maximum absolute atomic E-state index is 14.2. The van der Waals surface area contributed by atoms with E-state index in [0.717, 1.165) is 66.5 Å². The number of nitriles is 1. The molecule has 0 saturated carbocycles. The van der Waals surface area contributed by atoms with Gasteiger partial charge in [-0.25, -0.2) is 0 Å². The number of nitrogens with zero attached hydrogens (tertiary/aromatic N) is 3. The Hall–Kier alpha value is -6.45. The van der Waals surface area contributed by atoms with Crippen LogP contribution in [0.4, 0.5) is 11.4 Å². The molecule has 3 heterocycles. The standard InChI is InChI=1S/C43H26N4O/c44-26-27-12-11-18-33(30-15-3-8-21-38(30)45-36-19-6-1-13-28(36)29-14-2-7-20-37(29)45)41(27)46-39-22-9-4-16-31(39)34-24-25-35-32-17-5-10-23-40(32)47(48)43(35)42(34)46/h1-25,47H. The molecule has 1 aliphatic heterocycles.